The first kappa shape index (κ1) is 17.9. The molecule has 0 amide bonds. The second kappa shape index (κ2) is 8.48. The summed E-state index contributed by atoms with van der Waals surface area (Å²) in [5, 5.41) is 18.5. The van der Waals surface area contributed by atoms with E-state index in [0.29, 0.717) is 5.88 Å². The maximum atomic E-state index is 5.64. The van der Waals surface area contributed by atoms with Gasteiger partial charge in [-0.25, -0.2) is 4.68 Å². The van der Waals surface area contributed by atoms with Gasteiger partial charge in [0.25, 0.3) is 0 Å². The molecule has 0 bridgehead atoms. The SMILES string of the molecule is COc1ccc2n[nH]nc2c1.COc1ccc2nnn(CCCCl)c2c1. The van der Waals surface area contributed by atoms with Crippen LogP contribution in [0.5, 0.6) is 11.5 Å². The number of nitrogens with zero attached hydrogens (tertiary/aromatic N) is 5. The molecule has 26 heavy (non-hydrogen) atoms. The summed E-state index contributed by atoms with van der Waals surface area (Å²) in [5.74, 6) is 2.24. The highest BCUT2D eigenvalue weighted by atomic mass is 35.5. The Balaban J connectivity index is 0.000000158. The van der Waals surface area contributed by atoms with Gasteiger partial charge < -0.3 is 9.47 Å². The van der Waals surface area contributed by atoms with Crippen molar-refractivity contribution in [1.29, 1.82) is 0 Å². The largest absolute Gasteiger partial charge is 0.497 e. The lowest BCUT2D eigenvalue weighted by Crippen LogP contribution is -2.00. The van der Waals surface area contributed by atoms with Crippen molar-refractivity contribution in [2.45, 2.75) is 13.0 Å². The molecule has 2 heterocycles. The Hall–Kier alpha value is -2.87. The molecule has 0 radical (unpaired) electrons. The highest BCUT2D eigenvalue weighted by molar-refractivity contribution is 6.17. The van der Waals surface area contributed by atoms with E-state index in [1.54, 1.807) is 14.2 Å². The zero-order valence-corrected chi connectivity index (χ0v) is 15.3. The smallest absolute Gasteiger partial charge is 0.121 e. The molecule has 9 heteroatoms. The third-order valence-electron chi connectivity index (χ3n) is 3.75. The molecule has 0 atom stereocenters. The van der Waals surface area contributed by atoms with Crippen molar-refractivity contribution in [2.75, 3.05) is 20.1 Å². The number of ether oxygens (including phenoxy) is 2. The lowest BCUT2D eigenvalue weighted by atomic mass is 10.3. The molecule has 1 N–H and O–H groups in total. The van der Waals surface area contributed by atoms with Gasteiger partial charge in [0.1, 0.15) is 28.0 Å². The number of rotatable bonds is 5. The van der Waals surface area contributed by atoms with Crippen LogP contribution in [0.2, 0.25) is 0 Å². The molecule has 8 nitrogen and oxygen atoms in total. The zero-order valence-electron chi connectivity index (χ0n) is 14.5. The molecule has 0 spiro atoms. The van der Waals surface area contributed by atoms with E-state index in [-0.39, 0.29) is 0 Å². The van der Waals surface area contributed by atoms with Crippen molar-refractivity contribution in [2.24, 2.45) is 0 Å². The fourth-order valence-corrected chi connectivity index (χ4v) is 2.51. The molecule has 0 aliphatic heterocycles. The van der Waals surface area contributed by atoms with E-state index in [9.17, 15) is 0 Å². The fourth-order valence-electron chi connectivity index (χ4n) is 2.39. The van der Waals surface area contributed by atoms with Gasteiger partial charge in [0.05, 0.1) is 19.7 Å². The average molecular weight is 375 g/mol. The Kier molecular flexibility index (Phi) is 5.85. The summed E-state index contributed by atoms with van der Waals surface area (Å²) in [5.41, 5.74) is 3.54. The Morgan fingerprint density at radius 1 is 0.962 bits per heavy atom. The molecule has 0 fully saturated rings. The third-order valence-corrected chi connectivity index (χ3v) is 4.02. The molecule has 0 saturated carbocycles. The molecule has 0 unspecified atom stereocenters. The fraction of sp³-hybridized carbons (Fsp3) is 0.294. The topological polar surface area (TPSA) is 90.7 Å². The number of nitrogens with one attached hydrogen (secondary N) is 1. The predicted molar refractivity (Wildman–Crippen MR) is 99.9 cm³/mol. The number of fused-ring (bicyclic) bond motifs is 2. The number of methoxy groups -OCH3 is 2. The Bertz CT molecular complexity index is 984. The van der Waals surface area contributed by atoms with E-state index in [1.165, 1.54) is 0 Å². The zero-order chi connectivity index (χ0) is 18.4. The van der Waals surface area contributed by atoms with E-state index >= 15 is 0 Å². The highest BCUT2D eigenvalue weighted by Gasteiger charge is 2.05. The van der Waals surface area contributed by atoms with Gasteiger partial charge in [0.15, 0.2) is 0 Å². The molecular formula is C17H19ClN6O2. The number of benzene rings is 2. The van der Waals surface area contributed by atoms with E-state index < -0.39 is 0 Å². The summed E-state index contributed by atoms with van der Waals surface area (Å²) in [6.45, 7) is 0.785. The Morgan fingerprint density at radius 3 is 2.38 bits per heavy atom. The molecule has 4 rings (SSSR count). The van der Waals surface area contributed by atoms with Crippen molar-refractivity contribution >= 4 is 33.7 Å². The number of aromatic amines is 1. The molecule has 2 aromatic carbocycles. The van der Waals surface area contributed by atoms with Crippen LogP contribution >= 0.6 is 11.6 Å². The van der Waals surface area contributed by atoms with Crippen LogP contribution in [0.4, 0.5) is 0 Å². The molecule has 0 saturated heterocycles. The van der Waals surface area contributed by atoms with Gasteiger partial charge >= 0.3 is 0 Å². The van der Waals surface area contributed by atoms with Gasteiger partial charge in [-0.3, -0.25) is 0 Å². The second-order valence-electron chi connectivity index (χ2n) is 5.39. The van der Waals surface area contributed by atoms with Gasteiger partial charge in [-0.15, -0.1) is 16.7 Å². The van der Waals surface area contributed by atoms with E-state index in [0.717, 1.165) is 46.5 Å². The van der Waals surface area contributed by atoms with Crippen molar-refractivity contribution < 1.29 is 9.47 Å². The van der Waals surface area contributed by atoms with E-state index in [1.807, 2.05) is 41.1 Å². The number of hydrogen-bond acceptors (Lipinski definition) is 6. The number of hydrogen-bond donors (Lipinski definition) is 1. The number of aryl methyl sites for hydroxylation is 1. The van der Waals surface area contributed by atoms with Gasteiger partial charge in [0, 0.05) is 24.6 Å². The van der Waals surface area contributed by atoms with E-state index in [2.05, 4.69) is 25.7 Å². The second-order valence-corrected chi connectivity index (χ2v) is 5.77. The van der Waals surface area contributed by atoms with Crippen LogP contribution < -0.4 is 9.47 Å². The van der Waals surface area contributed by atoms with Crippen LogP contribution in [0.1, 0.15) is 6.42 Å². The van der Waals surface area contributed by atoms with Crippen LogP contribution in [-0.4, -0.2) is 50.5 Å². The predicted octanol–water partition coefficient (Wildman–Crippen LogP) is 3.04. The number of aromatic nitrogens is 6. The first-order valence-corrected chi connectivity index (χ1v) is 8.56. The van der Waals surface area contributed by atoms with Crippen molar-refractivity contribution in [1.82, 2.24) is 30.4 Å². The van der Waals surface area contributed by atoms with Crippen LogP contribution in [-0.2, 0) is 6.54 Å². The maximum Gasteiger partial charge on any atom is 0.121 e. The maximum absolute atomic E-state index is 5.64. The summed E-state index contributed by atoms with van der Waals surface area (Å²) < 4.78 is 12.0. The number of halogens is 1. The molecule has 4 aromatic rings. The van der Waals surface area contributed by atoms with Crippen LogP contribution in [0.3, 0.4) is 0 Å². The van der Waals surface area contributed by atoms with Crippen LogP contribution in [0, 0.1) is 0 Å². The van der Waals surface area contributed by atoms with Crippen LogP contribution in [0.15, 0.2) is 36.4 Å². The monoisotopic (exact) mass is 374 g/mol. The van der Waals surface area contributed by atoms with Crippen molar-refractivity contribution in [3.63, 3.8) is 0 Å². The number of H-pyrrole nitrogens is 1. The third kappa shape index (κ3) is 4.02. The summed E-state index contributed by atoms with van der Waals surface area (Å²) in [4.78, 5) is 0. The lowest BCUT2D eigenvalue weighted by molar-refractivity contribution is 0.415. The Morgan fingerprint density at radius 2 is 1.65 bits per heavy atom. The molecule has 0 aliphatic rings. The lowest BCUT2D eigenvalue weighted by Gasteiger charge is -2.01. The van der Waals surface area contributed by atoms with E-state index in [4.69, 9.17) is 21.1 Å². The first-order valence-electron chi connectivity index (χ1n) is 8.03. The number of alkyl halides is 1. The van der Waals surface area contributed by atoms with Gasteiger partial charge in [-0.05, 0) is 30.7 Å². The molecule has 0 aliphatic carbocycles. The Labute approximate surface area is 155 Å². The summed E-state index contributed by atoms with van der Waals surface area (Å²) in [7, 11) is 3.27. The quantitative estimate of drug-likeness (QED) is 0.540. The first-order chi connectivity index (χ1) is 12.7. The van der Waals surface area contributed by atoms with Gasteiger partial charge in [-0.2, -0.15) is 15.4 Å². The average Bonchev–Trinajstić information content (AvgIpc) is 3.32. The summed E-state index contributed by atoms with van der Waals surface area (Å²) in [6.07, 6.45) is 0.886. The molecular weight excluding hydrogens is 356 g/mol. The molecule has 2 aromatic heterocycles. The molecule has 136 valence electrons. The standard InChI is InChI=1S/C10H12ClN3O.C7H7N3O/c1-15-8-3-4-9-10(7-8)14(13-12-9)6-2-5-11;1-11-5-2-3-6-7(4-5)9-10-8-6/h3-4,7H,2,5-6H2,1H3;2-4H,1H3,(H,8,9,10). The van der Waals surface area contributed by atoms with Crippen molar-refractivity contribution in [3.05, 3.63) is 36.4 Å². The minimum atomic E-state index is 0.630. The normalized spacial score (nSPS) is 10.6. The minimum Gasteiger partial charge on any atom is -0.497 e. The van der Waals surface area contributed by atoms with Gasteiger partial charge in [0.2, 0.25) is 0 Å². The van der Waals surface area contributed by atoms with Gasteiger partial charge in [-0.1, -0.05) is 5.21 Å². The summed E-state index contributed by atoms with van der Waals surface area (Å²) in [6, 6.07) is 11.3. The summed E-state index contributed by atoms with van der Waals surface area (Å²) >= 11 is 5.64. The van der Waals surface area contributed by atoms with Crippen molar-refractivity contribution in [3.8, 4) is 11.5 Å². The highest BCUT2D eigenvalue weighted by Crippen LogP contribution is 2.19. The van der Waals surface area contributed by atoms with Crippen LogP contribution in [0.25, 0.3) is 22.1 Å². The minimum absolute atomic E-state index is 0.630.